The zero-order valence-corrected chi connectivity index (χ0v) is 17.5. The molecule has 2 aromatic heterocycles. The van der Waals surface area contributed by atoms with Crippen LogP contribution in [-0.2, 0) is 0 Å². The first-order valence-electron chi connectivity index (χ1n) is 9.77. The number of rotatable bonds is 4. The minimum atomic E-state index is 0. The van der Waals surface area contributed by atoms with Gasteiger partial charge in [-0.2, -0.15) is 0 Å². The molecule has 29 heavy (non-hydrogen) atoms. The van der Waals surface area contributed by atoms with Crippen LogP contribution >= 0.6 is 24.0 Å². The van der Waals surface area contributed by atoms with E-state index in [1.807, 2.05) is 24.3 Å². The van der Waals surface area contributed by atoms with E-state index >= 15 is 0 Å². The molecule has 3 aromatic rings. The van der Waals surface area contributed by atoms with Crippen LogP contribution in [0.25, 0.3) is 10.9 Å². The number of nitrogens with zero attached hydrogens (tertiary/aromatic N) is 4. The number of fused-ring (bicyclic) bond motifs is 1. The number of para-hydroxylation sites is 1. The van der Waals surface area contributed by atoms with E-state index in [0.29, 0.717) is 17.0 Å². The van der Waals surface area contributed by atoms with Gasteiger partial charge in [-0.1, -0.05) is 29.8 Å². The first-order chi connectivity index (χ1) is 13.8. The molecule has 0 radical (unpaired) electrons. The van der Waals surface area contributed by atoms with Crippen molar-refractivity contribution in [3.05, 3.63) is 53.2 Å². The normalized spacial score (nSPS) is 17.6. The van der Waals surface area contributed by atoms with E-state index in [9.17, 15) is 0 Å². The van der Waals surface area contributed by atoms with Crippen LogP contribution in [0.5, 0.6) is 5.88 Å². The fourth-order valence-electron chi connectivity index (χ4n) is 3.98. The van der Waals surface area contributed by atoms with E-state index < -0.39 is 0 Å². The Morgan fingerprint density at radius 1 is 1.03 bits per heavy atom. The van der Waals surface area contributed by atoms with Crippen LogP contribution in [0.4, 0.5) is 5.82 Å². The molecule has 0 unspecified atom stereocenters. The highest BCUT2D eigenvalue weighted by Crippen LogP contribution is 2.34. The van der Waals surface area contributed by atoms with Crippen molar-refractivity contribution in [3.63, 3.8) is 0 Å². The zero-order chi connectivity index (χ0) is 18.9. The summed E-state index contributed by atoms with van der Waals surface area (Å²) in [5.74, 6) is 2.04. The van der Waals surface area contributed by atoms with E-state index in [2.05, 4.69) is 38.6 Å². The molecule has 5 rings (SSSR count). The van der Waals surface area contributed by atoms with Crippen molar-refractivity contribution in [2.75, 3.05) is 31.1 Å². The SMILES string of the molecule is Cl.Clc1cc(C2CCNCC2)c(OC2CN(c3ccc4ccccc4n3)C2)nn1. The number of halogens is 2. The van der Waals surface area contributed by atoms with Crippen LogP contribution in [0.1, 0.15) is 24.3 Å². The molecule has 0 spiro atoms. The van der Waals surface area contributed by atoms with E-state index in [1.54, 1.807) is 0 Å². The summed E-state index contributed by atoms with van der Waals surface area (Å²) < 4.78 is 6.21. The van der Waals surface area contributed by atoms with E-state index in [4.69, 9.17) is 21.3 Å². The highest BCUT2D eigenvalue weighted by Gasteiger charge is 2.32. The molecule has 1 aromatic carbocycles. The van der Waals surface area contributed by atoms with Crippen molar-refractivity contribution in [1.29, 1.82) is 0 Å². The Bertz CT molecular complexity index is 990. The molecule has 2 aliphatic rings. The van der Waals surface area contributed by atoms with Gasteiger partial charge in [0.25, 0.3) is 0 Å². The van der Waals surface area contributed by atoms with E-state index in [0.717, 1.165) is 61.3 Å². The number of anilines is 1. The minimum Gasteiger partial charge on any atom is -0.469 e. The predicted molar refractivity (Wildman–Crippen MR) is 118 cm³/mol. The second-order valence-corrected chi connectivity index (χ2v) is 7.85. The van der Waals surface area contributed by atoms with Crippen molar-refractivity contribution in [1.82, 2.24) is 20.5 Å². The summed E-state index contributed by atoms with van der Waals surface area (Å²) in [6, 6.07) is 14.3. The molecule has 0 atom stereocenters. The maximum absolute atomic E-state index is 6.21. The summed E-state index contributed by atoms with van der Waals surface area (Å²) in [7, 11) is 0. The summed E-state index contributed by atoms with van der Waals surface area (Å²) in [6.07, 6.45) is 2.22. The van der Waals surface area contributed by atoms with E-state index in [-0.39, 0.29) is 18.5 Å². The molecule has 0 saturated carbocycles. The van der Waals surface area contributed by atoms with Gasteiger partial charge in [-0.25, -0.2) is 4.98 Å². The highest BCUT2D eigenvalue weighted by atomic mass is 35.5. The Balaban J connectivity index is 0.00000205. The van der Waals surface area contributed by atoms with Crippen molar-refractivity contribution in [2.24, 2.45) is 0 Å². The van der Waals surface area contributed by atoms with Gasteiger partial charge in [0, 0.05) is 10.9 Å². The second kappa shape index (κ2) is 8.69. The van der Waals surface area contributed by atoms with Gasteiger partial charge in [-0.15, -0.1) is 22.6 Å². The van der Waals surface area contributed by atoms with Gasteiger partial charge in [0.1, 0.15) is 11.9 Å². The molecule has 0 amide bonds. The number of piperidine rings is 1. The third-order valence-electron chi connectivity index (χ3n) is 5.57. The average molecular weight is 432 g/mol. The monoisotopic (exact) mass is 431 g/mol. The first kappa shape index (κ1) is 20.1. The Hall–Kier alpha value is -2.15. The summed E-state index contributed by atoms with van der Waals surface area (Å²) in [6.45, 7) is 3.60. The average Bonchev–Trinajstić information content (AvgIpc) is 2.71. The number of benzene rings is 1. The number of aromatic nitrogens is 3. The lowest BCUT2D eigenvalue weighted by Crippen LogP contribution is -2.54. The molecule has 0 bridgehead atoms. The van der Waals surface area contributed by atoms with E-state index in [1.165, 1.54) is 0 Å². The van der Waals surface area contributed by atoms with Gasteiger partial charge in [0.2, 0.25) is 5.88 Å². The van der Waals surface area contributed by atoms with Crippen LogP contribution in [0.2, 0.25) is 5.15 Å². The zero-order valence-electron chi connectivity index (χ0n) is 15.9. The summed E-state index contributed by atoms with van der Waals surface area (Å²) >= 11 is 6.11. The number of nitrogens with one attached hydrogen (secondary N) is 1. The van der Waals surface area contributed by atoms with Gasteiger partial charge in [0.05, 0.1) is 18.6 Å². The largest absolute Gasteiger partial charge is 0.469 e. The Kier molecular flexibility index (Phi) is 6.04. The summed E-state index contributed by atoms with van der Waals surface area (Å²) in [4.78, 5) is 6.99. The lowest BCUT2D eigenvalue weighted by atomic mass is 9.91. The summed E-state index contributed by atoms with van der Waals surface area (Å²) in [5, 5.41) is 13.2. The molecule has 152 valence electrons. The Morgan fingerprint density at radius 2 is 1.83 bits per heavy atom. The molecule has 4 heterocycles. The molecular weight excluding hydrogens is 409 g/mol. The number of pyridine rings is 1. The van der Waals surface area contributed by atoms with Gasteiger partial charge >= 0.3 is 0 Å². The number of hydrogen-bond acceptors (Lipinski definition) is 6. The molecular formula is C21H23Cl2N5O. The lowest BCUT2D eigenvalue weighted by Gasteiger charge is -2.40. The standard InChI is InChI=1S/C21H22ClN5O.ClH/c22-19-11-17(14-7-9-23-10-8-14)21(26-25-19)28-16-12-27(13-16)20-6-5-15-3-1-2-4-18(15)24-20;/h1-6,11,14,16,23H,7-10,12-13H2;1H. The van der Waals surface area contributed by atoms with Crippen molar-refractivity contribution in [3.8, 4) is 5.88 Å². The van der Waals surface area contributed by atoms with Crippen molar-refractivity contribution >= 4 is 40.7 Å². The number of hydrogen-bond donors (Lipinski definition) is 1. The maximum atomic E-state index is 6.21. The molecule has 2 saturated heterocycles. The minimum absolute atomic E-state index is 0. The topological polar surface area (TPSA) is 63.2 Å². The molecule has 2 fully saturated rings. The van der Waals surface area contributed by atoms with Gasteiger partial charge < -0.3 is 15.0 Å². The highest BCUT2D eigenvalue weighted by molar-refractivity contribution is 6.29. The second-order valence-electron chi connectivity index (χ2n) is 7.46. The molecule has 0 aliphatic carbocycles. The Labute approximate surface area is 181 Å². The molecule has 1 N–H and O–H groups in total. The van der Waals surface area contributed by atoms with Crippen LogP contribution in [0, 0.1) is 0 Å². The molecule has 2 aliphatic heterocycles. The quantitative estimate of drug-likeness (QED) is 0.676. The fraction of sp³-hybridized carbons (Fsp3) is 0.381. The van der Waals surface area contributed by atoms with Gasteiger partial charge in [0.15, 0.2) is 5.15 Å². The predicted octanol–water partition coefficient (Wildman–Crippen LogP) is 3.83. The fourth-order valence-corrected chi connectivity index (χ4v) is 4.13. The van der Waals surface area contributed by atoms with Crippen LogP contribution in [-0.4, -0.2) is 47.5 Å². The van der Waals surface area contributed by atoms with Crippen LogP contribution in [0.15, 0.2) is 42.5 Å². The third-order valence-corrected chi connectivity index (χ3v) is 5.76. The number of ether oxygens (including phenoxy) is 1. The van der Waals surface area contributed by atoms with Crippen molar-refractivity contribution < 1.29 is 4.74 Å². The molecule has 8 heteroatoms. The van der Waals surface area contributed by atoms with Gasteiger partial charge in [-0.3, -0.25) is 0 Å². The molecule has 6 nitrogen and oxygen atoms in total. The van der Waals surface area contributed by atoms with Crippen LogP contribution < -0.4 is 15.0 Å². The van der Waals surface area contributed by atoms with Gasteiger partial charge in [-0.05, 0) is 56.1 Å². The smallest absolute Gasteiger partial charge is 0.237 e. The maximum Gasteiger partial charge on any atom is 0.237 e. The van der Waals surface area contributed by atoms with Crippen molar-refractivity contribution in [2.45, 2.75) is 24.9 Å². The van der Waals surface area contributed by atoms with Crippen LogP contribution in [0.3, 0.4) is 0 Å². The lowest BCUT2D eigenvalue weighted by molar-refractivity contribution is 0.155. The first-order valence-corrected chi connectivity index (χ1v) is 10.2. The summed E-state index contributed by atoms with van der Waals surface area (Å²) in [5.41, 5.74) is 2.10. The Morgan fingerprint density at radius 3 is 2.66 bits per heavy atom. The third kappa shape index (κ3) is 4.25.